The summed E-state index contributed by atoms with van der Waals surface area (Å²) in [5.74, 6) is 1.63. The summed E-state index contributed by atoms with van der Waals surface area (Å²) in [5, 5.41) is 3.09. The molecule has 1 aliphatic heterocycles. The van der Waals surface area contributed by atoms with Crippen LogP contribution in [0, 0.1) is 6.92 Å². The molecule has 1 aromatic carbocycles. The van der Waals surface area contributed by atoms with E-state index in [1.54, 1.807) is 11.3 Å². The Morgan fingerprint density at radius 3 is 2.76 bits per heavy atom. The molecule has 6 nitrogen and oxygen atoms in total. The number of thiophene rings is 1. The van der Waals surface area contributed by atoms with E-state index in [0.29, 0.717) is 24.7 Å². The number of piperazine rings is 1. The predicted octanol–water partition coefficient (Wildman–Crippen LogP) is 4.15. The van der Waals surface area contributed by atoms with Crippen LogP contribution in [0.4, 0.5) is 0 Å². The van der Waals surface area contributed by atoms with Crippen molar-refractivity contribution in [2.24, 2.45) is 0 Å². The Kier molecular flexibility index (Phi) is 4.69. The van der Waals surface area contributed by atoms with Gasteiger partial charge < -0.3 is 14.3 Å². The molecule has 148 valence electrons. The molecule has 1 aliphatic rings. The lowest BCUT2D eigenvalue weighted by atomic mass is 10.2. The minimum atomic E-state index is 0.0680. The molecule has 1 amide bonds. The largest absolute Gasteiger partial charge is 0.440 e. The van der Waals surface area contributed by atoms with Gasteiger partial charge in [0, 0.05) is 43.6 Å². The number of oxazole rings is 1. The Hall–Kier alpha value is -2.90. The first-order chi connectivity index (χ1) is 14.2. The number of nitrogens with zero attached hydrogens (tertiary/aromatic N) is 3. The summed E-state index contributed by atoms with van der Waals surface area (Å²) in [6.45, 7) is 5.79. The Labute approximate surface area is 172 Å². The fraction of sp³-hybridized carbons (Fsp3) is 0.273. The van der Waals surface area contributed by atoms with Crippen LogP contribution >= 0.6 is 11.3 Å². The number of carbonyl (C=O) groups excluding carboxylic acids is 1. The zero-order chi connectivity index (χ0) is 19.8. The van der Waals surface area contributed by atoms with Crippen LogP contribution in [0.15, 0.2) is 52.3 Å². The fourth-order valence-corrected chi connectivity index (χ4v) is 4.41. The van der Waals surface area contributed by atoms with E-state index in [1.165, 1.54) is 0 Å². The topological polar surface area (TPSA) is 65.4 Å². The summed E-state index contributed by atoms with van der Waals surface area (Å²) in [5.41, 5.74) is 2.63. The summed E-state index contributed by atoms with van der Waals surface area (Å²) >= 11 is 1.63. The SMILES string of the molecule is Cc1oc(-c2cccs2)nc1CN1CCN(C(=O)c2cc3ccccc3[nH]2)CC1. The first-order valence-electron chi connectivity index (χ1n) is 9.77. The minimum Gasteiger partial charge on any atom is -0.440 e. The molecule has 0 spiro atoms. The average Bonchev–Trinajstić information content (AvgIpc) is 3.48. The van der Waals surface area contributed by atoms with Gasteiger partial charge in [-0.2, -0.15) is 0 Å². The molecule has 5 rings (SSSR count). The van der Waals surface area contributed by atoms with Crippen molar-refractivity contribution in [2.45, 2.75) is 13.5 Å². The van der Waals surface area contributed by atoms with E-state index in [0.717, 1.165) is 46.9 Å². The van der Waals surface area contributed by atoms with Gasteiger partial charge in [0.25, 0.3) is 5.91 Å². The van der Waals surface area contributed by atoms with Crippen molar-refractivity contribution in [3.8, 4) is 10.8 Å². The van der Waals surface area contributed by atoms with Gasteiger partial charge in [-0.15, -0.1) is 11.3 Å². The standard InChI is InChI=1S/C22H22N4O2S/c1-15-19(24-21(28-15)20-7-4-12-29-20)14-25-8-10-26(11-9-25)22(27)18-13-16-5-2-3-6-17(16)23-18/h2-7,12-13,23H,8-11,14H2,1H3. The van der Waals surface area contributed by atoms with Gasteiger partial charge in [0.1, 0.15) is 11.5 Å². The van der Waals surface area contributed by atoms with Crippen molar-refractivity contribution >= 4 is 28.1 Å². The Bertz CT molecular complexity index is 1100. The molecule has 1 fully saturated rings. The number of aromatic amines is 1. The van der Waals surface area contributed by atoms with Crippen molar-refractivity contribution in [1.82, 2.24) is 19.8 Å². The van der Waals surface area contributed by atoms with Gasteiger partial charge >= 0.3 is 0 Å². The molecular formula is C22H22N4O2S. The van der Waals surface area contributed by atoms with Crippen molar-refractivity contribution in [3.05, 3.63) is 65.0 Å². The van der Waals surface area contributed by atoms with Crippen molar-refractivity contribution in [1.29, 1.82) is 0 Å². The van der Waals surface area contributed by atoms with Crippen LogP contribution in [0.2, 0.25) is 0 Å². The maximum Gasteiger partial charge on any atom is 0.270 e. The maximum absolute atomic E-state index is 12.9. The van der Waals surface area contributed by atoms with E-state index >= 15 is 0 Å². The number of benzene rings is 1. The van der Waals surface area contributed by atoms with Gasteiger partial charge in [0.15, 0.2) is 0 Å². The third kappa shape index (κ3) is 3.59. The number of hydrogen-bond acceptors (Lipinski definition) is 5. The maximum atomic E-state index is 12.9. The highest BCUT2D eigenvalue weighted by Crippen LogP contribution is 2.26. The molecule has 3 aromatic heterocycles. The van der Waals surface area contributed by atoms with Gasteiger partial charge in [-0.1, -0.05) is 24.3 Å². The van der Waals surface area contributed by atoms with Crippen LogP contribution in [-0.2, 0) is 6.54 Å². The van der Waals surface area contributed by atoms with E-state index < -0.39 is 0 Å². The smallest absolute Gasteiger partial charge is 0.270 e. The Morgan fingerprint density at radius 1 is 1.17 bits per heavy atom. The monoisotopic (exact) mass is 406 g/mol. The quantitative estimate of drug-likeness (QED) is 0.553. The highest BCUT2D eigenvalue weighted by molar-refractivity contribution is 7.13. The van der Waals surface area contributed by atoms with Gasteiger partial charge in [-0.25, -0.2) is 4.98 Å². The summed E-state index contributed by atoms with van der Waals surface area (Å²) in [6, 6.07) is 13.9. The minimum absolute atomic E-state index is 0.0680. The second kappa shape index (κ2) is 7.50. The third-order valence-corrected chi connectivity index (χ3v) is 6.28. The number of rotatable bonds is 4. The lowest BCUT2D eigenvalue weighted by Crippen LogP contribution is -2.48. The molecule has 1 N–H and O–H groups in total. The molecule has 0 unspecified atom stereocenters. The number of aryl methyl sites for hydroxylation is 1. The number of hydrogen-bond donors (Lipinski definition) is 1. The second-order valence-corrected chi connectivity index (χ2v) is 8.29. The molecule has 29 heavy (non-hydrogen) atoms. The highest BCUT2D eigenvalue weighted by Gasteiger charge is 2.24. The molecule has 1 saturated heterocycles. The summed E-state index contributed by atoms with van der Waals surface area (Å²) in [6.07, 6.45) is 0. The average molecular weight is 407 g/mol. The molecule has 0 radical (unpaired) electrons. The molecule has 0 atom stereocenters. The third-order valence-electron chi connectivity index (χ3n) is 5.42. The van der Waals surface area contributed by atoms with E-state index in [9.17, 15) is 4.79 Å². The Morgan fingerprint density at radius 2 is 2.00 bits per heavy atom. The Balaban J connectivity index is 1.22. The number of nitrogens with one attached hydrogen (secondary N) is 1. The van der Waals surface area contributed by atoms with Gasteiger partial charge in [0.05, 0.1) is 10.6 Å². The van der Waals surface area contributed by atoms with Crippen molar-refractivity contribution in [3.63, 3.8) is 0 Å². The van der Waals surface area contributed by atoms with Crippen LogP contribution in [0.3, 0.4) is 0 Å². The molecule has 0 aliphatic carbocycles. The molecule has 0 bridgehead atoms. The molecular weight excluding hydrogens is 384 g/mol. The first kappa shape index (κ1) is 18.1. The number of amides is 1. The van der Waals surface area contributed by atoms with Crippen LogP contribution in [0.1, 0.15) is 21.9 Å². The summed E-state index contributed by atoms with van der Waals surface area (Å²) in [7, 11) is 0. The lowest BCUT2D eigenvalue weighted by molar-refractivity contribution is 0.0622. The first-order valence-corrected chi connectivity index (χ1v) is 10.6. The number of H-pyrrole nitrogens is 1. The fourth-order valence-electron chi connectivity index (χ4n) is 3.76. The molecule has 7 heteroatoms. The zero-order valence-corrected chi connectivity index (χ0v) is 17.0. The number of fused-ring (bicyclic) bond motifs is 1. The summed E-state index contributed by atoms with van der Waals surface area (Å²) in [4.78, 5) is 26.1. The van der Waals surface area contributed by atoms with Crippen molar-refractivity contribution in [2.75, 3.05) is 26.2 Å². The molecule has 4 heterocycles. The van der Waals surface area contributed by atoms with Crippen molar-refractivity contribution < 1.29 is 9.21 Å². The van der Waals surface area contributed by atoms with Crippen LogP contribution in [0.25, 0.3) is 21.7 Å². The highest BCUT2D eigenvalue weighted by atomic mass is 32.1. The van der Waals surface area contributed by atoms with E-state index in [2.05, 4.69) is 14.9 Å². The molecule has 0 saturated carbocycles. The number of para-hydroxylation sites is 1. The molecule has 4 aromatic rings. The lowest BCUT2D eigenvalue weighted by Gasteiger charge is -2.34. The van der Waals surface area contributed by atoms with Gasteiger partial charge in [-0.05, 0) is 30.5 Å². The van der Waals surface area contributed by atoms with Crippen LogP contribution < -0.4 is 0 Å². The van der Waals surface area contributed by atoms with Gasteiger partial charge in [-0.3, -0.25) is 9.69 Å². The zero-order valence-electron chi connectivity index (χ0n) is 16.2. The number of aromatic nitrogens is 2. The summed E-state index contributed by atoms with van der Waals surface area (Å²) < 4.78 is 5.85. The van der Waals surface area contributed by atoms with E-state index in [1.807, 2.05) is 59.7 Å². The normalized spacial score (nSPS) is 15.3. The van der Waals surface area contributed by atoms with Crippen LogP contribution in [-0.4, -0.2) is 51.9 Å². The van der Waals surface area contributed by atoms with Crippen LogP contribution in [0.5, 0.6) is 0 Å². The second-order valence-electron chi connectivity index (χ2n) is 7.34. The van der Waals surface area contributed by atoms with E-state index in [-0.39, 0.29) is 5.91 Å². The van der Waals surface area contributed by atoms with E-state index in [4.69, 9.17) is 4.42 Å². The van der Waals surface area contributed by atoms with Gasteiger partial charge in [0.2, 0.25) is 5.89 Å². The predicted molar refractivity (Wildman–Crippen MR) is 114 cm³/mol. The number of carbonyl (C=O) groups is 1.